The molecule has 0 saturated carbocycles. The first-order valence-corrected chi connectivity index (χ1v) is 6.51. The molecule has 1 unspecified atom stereocenters. The van der Waals surface area contributed by atoms with Crippen LogP contribution in [0, 0.1) is 5.92 Å². The Hall–Kier alpha value is -1.78. The maximum absolute atomic E-state index is 5.87. The molecule has 1 aromatic carbocycles. The molecule has 0 aliphatic carbocycles. The van der Waals surface area contributed by atoms with E-state index < -0.39 is 0 Å². The van der Waals surface area contributed by atoms with Gasteiger partial charge in [-0.2, -0.15) is 0 Å². The smallest absolute Gasteiger partial charge is 0.160 e. The third-order valence-corrected chi connectivity index (χ3v) is 3.78. The summed E-state index contributed by atoms with van der Waals surface area (Å²) >= 11 is 0. The predicted molar refractivity (Wildman–Crippen MR) is 71.4 cm³/mol. The molecule has 1 aromatic heterocycles. The van der Waals surface area contributed by atoms with Crippen LogP contribution in [0.1, 0.15) is 26.2 Å². The molecule has 1 atom stereocenters. The van der Waals surface area contributed by atoms with E-state index in [1.807, 2.05) is 12.1 Å². The topological polar surface area (TPSA) is 68.2 Å². The standard InChI is InChI=1S/C13H18N4O/c1-9-3-2-7-17(8-6-9)11-5-4-10(14)12-13(11)16-18-15-12/h4-5,9H,2-3,6-8,14H2,1H3. The molecule has 0 amide bonds. The maximum atomic E-state index is 5.87. The number of hydrogen-bond donors (Lipinski definition) is 1. The number of nitrogen functional groups attached to an aromatic ring is 1. The average Bonchev–Trinajstić information content (AvgIpc) is 2.75. The van der Waals surface area contributed by atoms with Crippen LogP contribution in [0.2, 0.25) is 0 Å². The number of nitrogens with zero attached hydrogens (tertiary/aromatic N) is 3. The van der Waals surface area contributed by atoms with Crippen LogP contribution in [0.15, 0.2) is 16.8 Å². The van der Waals surface area contributed by atoms with E-state index in [1.165, 1.54) is 19.3 Å². The second kappa shape index (κ2) is 4.48. The van der Waals surface area contributed by atoms with Crippen LogP contribution >= 0.6 is 0 Å². The Bertz CT molecular complexity index is 551. The van der Waals surface area contributed by atoms with Gasteiger partial charge in [-0.3, -0.25) is 0 Å². The molecule has 0 spiro atoms. The number of nitrogens with two attached hydrogens (primary N) is 1. The summed E-state index contributed by atoms with van der Waals surface area (Å²) in [6.45, 7) is 4.45. The van der Waals surface area contributed by atoms with Crippen LogP contribution in [-0.2, 0) is 0 Å². The number of hydrogen-bond acceptors (Lipinski definition) is 5. The van der Waals surface area contributed by atoms with Crippen LogP contribution in [0.4, 0.5) is 11.4 Å². The van der Waals surface area contributed by atoms with E-state index in [0.717, 1.165) is 30.2 Å². The normalized spacial score (nSPS) is 21.2. The van der Waals surface area contributed by atoms with Gasteiger partial charge >= 0.3 is 0 Å². The predicted octanol–water partition coefficient (Wildman–Crippen LogP) is 2.43. The molecule has 2 aromatic rings. The lowest BCUT2D eigenvalue weighted by atomic mass is 10.0. The lowest BCUT2D eigenvalue weighted by Crippen LogP contribution is -2.24. The highest BCUT2D eigenvalue weighted by molar-refractivity contribution is 5.95. The molecular weight excluding hydrogens is 228 g/mol. The minimum atomic E-state index is 0.623. The van der Waals surface area contributed by atoms with Gasteiger partial charge in [-0.25, -0.2) is 4.63 Å². The summed E-state index contributed by atoms with van der Waals surface area (Å²) in [5.74, 6) is 0.801. The first-order valence-electron chi connectivity index (χ1n) is 6.51. The number of anilines is 2. The third-order valence-electron chi connectivity index (χ3n) is 3.78. The molecular formula is C13H18N4O. The van der Waals surface area contributed by atoms with E-state index in [9.17, 15) is 0 Å². The van der Waals surface area contributed by atoms with Crippen LogP contribution in [-0.4, -0.2) is 23.4 Å². The molecule has 2 heterocycles. The van der Waals surface area contributed by atoms with Crippen LogP contribution in [0.3, 0.4) is 0 Å². The van der Waals surface area contributed by atoms with Crippen LogP contribution in [0.5, 0.6) is 0 Å². The van der Waals surface area contributed by atoms with Crippen molar-refractivity contribution in [3.05, 3.63) is 12.1 Å². The monoisotopic (exact) mass is 246 g/mol. The van der Waals surface area contributed by atoms with Crippen molar-refractivity contribution in [1.82, 2.24) is 10.3 Å². The van der Waals surface area contributed by atoms with E-state index in [2.05, 4.69) is 22.1 Å². The maximum Gasteiger partial charge on any atom is 0.160 e. The van der Waals surface area contributed by atoms with Crippen molar-refractivity contribution in [3.63, 3.8) is 0 Å². The molecule has 0 bridgehead atoms. The Labute approximate surface area is 106 Å². The second-order valence-electron chi connectivity index (χ2n) is 5.16. The first kappa shape index (κ1) is 11.3. The largest absolute Gasteiger partial charge is 0.397 e. The summed E-state index contributed by atoms with van der Waals surface area (Å²) in [4.78, 5) is 2.37. The number of rotatable bonds is 1. The Morgan fingerprint density at radius 3 is 2.94 bits per heavy atom. The summed E-state index contributed by atoms with van der Waals surface area (Å²) < 4.78 is 4.82. The van der Waals surface area contributed by atoms with Crippen molar-refractivity contribution in [1.29, 1.82) is 0 Å². The Morgan fingerprint density at radius 2 is 2.06 bits per heavy atom. The fourth-order valence-corrected chi connectivity index (χ4v) is 2.63. The van der Waals surface area contributed by atoms with Gasteiger partial charge in [0, 0.05) is 13.1 Å². The second-order valence-corrected chi connectivity index (χ2v) is 5.16. The highest BCUT2D eigenvalue weighted by Crippen LogP contribution is 2.30. The zero-order valence-electron chi connectivity index (χ0n) is 10.6. The first-order chi connectivity index (χ1) is 8.75. The minimum absolute atomic E-state index is 0.623. The Morgan fingerprint density at radius 1 is 1.22 bits per heavy atom. The van der Waals surface area contributed by atoms with Crippen molar-refractivity contribution in [2.24, 2.45) is 5.92 Å². The van der Waals surface area contributed by atoms with E-state index >= 15 is 0 Å². The summed E-state index contributed by atoms with van der Waals surface area (Å²) in [7, 11) is 0. The van der Waals surface area contributed by atoms with Gasteiger partial charge in [-0.15, -0.1) is 0 Å². The van der Waals surface area contributed by atoms with Gasteiger partial charge in [0.2, 0.25) is 0 Å². The number of fused-ring (bicyclic) bond motifs is 1. The lowest BCUT2D eigenvalue weighted by molar-refractivity contribution is 0.315. The molecule has 1 aliphatic heterocycles. The SMILES string of the molecule is CC1CCCN(c2ccc(N)c3nonc23)CC1. The highest BCUT2D eigenvalue weighted by atomic mass is 16.6. The van der Waals surface area contributed by atoms with Gasteiger partial charge in [0.15, 0.2) is 11.0 Å². The number of aromatic nitrogens is 2. The zero-order chi connectivity index (χ0) is 12.5. The van der Waals surface area contributed by atoms with Crippen molar-refractivity contribution in [2.75, 3.05) is 23.7 Å². The molecule has 5 heteroatoms. The molecule has 96 valence electrons. The van der Waals surface area contributed by atoms with Gasteiger partial charge in [-0.1, -0.05) is 6.92 Å². The molecule has 1 aliphatic rings. The third kappa shape index (κ3) is 1.89. The minimum Gasteiger partial charge on any atom is -0.397 e. The molecule has 1 saturated heterocycles. The van der Waals surface area contributed by atoms with Crippen molar-refractivity contribution in [2.45, 2.75) is 26.2 Å². The van der Waals surface area contributed by atoms with Crippen molar-refractivity contribution >= 4 is 22.4 Å². The zero-order valence-corrected chi connectivity index (χ0v) is 10.6. The molecule has 5 nitrogen and oxygen atoms in total. The van der Waals surface area contributed by atoms with Gasteiger partial charge in [-0.05, 0) is 47.6 Å². The quantitative estimate of drug-likeness (QED) is 0.783. The van der Waals surface area contributed by atoms with Crippen molar-refractivity contribution < 1.29 is 4.63 Å². The molecule has 0 radical (unpaired) electrons. The van der Waals surface area contributed by atoms with Crippen LogP contribution < -0.4 is 10.6 Å². The van der Waals surface area contributed by atoms with Gasteiger partial charge in [0.1, 0.15) is 0 Å². The van der Waals surface area contributed by atoms with Gasteiger partial charge < -0.3 is 10.6 Å². The molecule has 1 fully saturated rings. The average molecular weight is 246 g/mol. The molecule has 2 N–H and O–H groups in total. The van der Waals surface area contributed by atoms with E-state index in [1.54, 1.807) is 0 Å². The summed E-state index contributed by atoms with van der Waals surface area (Å²) in [6, 6.07) is 3.91. The summed E-state index contributed by atoms with van der Waals surface area (Å²) in [5, 5.41) is 7.87. The van der Waals surface area contributed by atoms with E-state index in [4.69, 9.17) is 10.4 Å². The summed E-state index contributed by atoms with van der Waals surface area (Å²) in [6.07, 6.45) is 3.74. The number of benzene rings is 1. The summed E-state index contributed by atoms with van der Waals surface area (Å²) in [5.41, 5.74) is 9.04. The van der Waals surface area contributed by atoms with Gasteiger partial charge in [0.25, 0.3) is 0 Å². The van der Waals surface area contributed by atoms with Gasteiger partial charge in [0.05, 0.1) is 11.4 Å². The molecule has 18 heavy (non-hydrogen) atoms. The fourth-order valence-electron chi connectivity index (χ4n) is 2.63. The fraction of sp³-hybridized carbons (Fsp3) is 0.538. The van der Waals surface area contributed by atoms with E-state index in [0.29, 0.717) is 11.2 Å². The Kier molecular flexibility index (Phi) is 2.81. The Balaban J connectivity index is 1.98. The highest BCUT2D eigenvalue weighted by Gasteiger charge is 2.18. The molecule has 3 rings (SSSR count). The lowest BCUT2D eigenvalue weighted by Gasteiger charge is -2.22. The van der Waals surface area contributed by atoms with E-state index in [-0.39, 0.29) is 0 Å². The van der Waals surface area contributed by atoms with Crippen LogP contribution in [0.25, 0.3) is 11.0 Å². The van der Waals surface area contributed by atoms with Crippen molar-refractivity contribution in [3.8, 4) is 0 Å².